The molecule has 6 nitrogen and oxygen atoms in total. The molecule has 1 amide bonds. The Kier molecular flexibility index (Phi) is 7.16. The van der Waals surface area contributed by atoms with Crippen molar-refractivity contribution in [2.75, 3.05) is 26.2 Å². The van der Waals surface area contributed by atoms with Gasteiger partial charge in [0.05, 0.1) is 4.90 Å². The lowest BCUT2D eigenvalue weighted by molar-refractivity contribution is -0.116. The minimum Gasteiger partial charge on any atom is -0.351 e. The number of hydrogen-bond acceptors (Lipinski definition) is 4. The number of hydrogen-bond donors (Lipinski definition) is 2. The fourth-order valence-electron chi connectivity index (χ4n) is 2.62. The molecule has 0 heterocycles. The summed E-state index contributed by atoms with van der Waals surface area (Å²) in [4.78, 5) is 14.5. The Labute approximate surface area is 150 Å². The van der Waals surface area contributed by atoms with Gasteiger partial charge in [-0.3, -0.25) is 9.69 Å². The van der Waals surface area contributed by atoms with Crippen LogP contribution in [0.3, 0.4) is 0 Å². The predicted octanol–water partition coefficient (Wildman–Crippen LogP) is 1.60. The quantitative estimate of drug-likeness (QED) is 0.618. The van der Waals surface area contributed by atoms with E-state index >= 15 is 0 Å². The van der Waals surface area contributed by atoms with Crippen molar-refractivity contribution < 1.29 is 13.2 Å². The van der Waals surface area contributed by atoms with Gasteiger partial charge in [0.2, 0.25) is 15.9 Å². The number of nitrogens with zero attached hydrogens (tertiary/aromatic N) is 1. The molecule has 0 atom stereocenters. The van der Waals surface area contributed by atoms with Gasteiger partial charge in [-0.2, -0.15) is 0 Å². The highest BCUT2D eigenvalue weighted by molar-refractivity contribution is 7.89. The van der Waals surface area contributed by atoms with E-state index in [1.54, 1.807) is 25.1 Å². The zero-order valence-electron chi connectivity index (χ0n) is 14.9. The Balaban J connectivity index is 1.81. The first kappa shape index (κ1) is 19.6. The molecule has 0 spiro atoms. The maximum atomic E-state index is 11.9. The average molecular weight is 365 g/mol. The van der Waals surface area contributed by atoms with E-state index in [4.69, 9.17) is 0 Å². The summed E-state index contributed by atoms with van der Waals surface area (Å²) in [5, 5.41) is 2.88. The van der Waals surface area contributed by atoms with E-state index in [0.29, 0.717) is 19.1 Å². The molecule has 7 heteroatoms. The molecule has 0 saturated heterocycles. The molecule has 0 unspecified atom stereocenters. The standard InChI is InChI=1S/C18H27N3O3S/c1-3-20-25(23,24)17-10-5-15(6-11-17)7-12-18(22)19-13-14-21(4-2)16-8-9-16/h5-7,10-12,16,20H,3-4,8-9,13-14H2,1-2H3,(H,19,22). The van der Waals surface area contributed by atoms with Crippen molar-refractivity contribution in [1.29, 1.82) is 0 Å². The predicted molar refractivity (Wildman–Crippen MR) is 99.6 cm³/mol. The van der Waals surface area contributed by atoms with E-state index in [1.165, 1.54) is 31.1 Å². The molecule has 1 aromatic carbocycles. The summed E-state index contributed by atoms with van der Waals surface area (Å²) < 4.78 is 26.2. The van der Waals surface area contributed by atoms with Crippen LogP contribution in [0.15, 0.2) is 35.2 Å². The number of nitrogens with one attached hydrogen (secondary N) is 2. The van der Waals surface area contributed by atoms with Crippen LogP contribution in [0, 0.1) is 0 Å². The van der Waals surface area contributed by atoms with Crippen molar-refractivity contribution in [3.63, 3.8) is 0 Å². The monoisotopic (exact) mass is 365 g/mol. The van der Waals surface area contributed by atoms with Gasteiger partial charge in [-0.15, -0.1) is 0 Å². The Morgan fingerprint density at radius 1 is 1.24 bits per heavy atom. The zero-order chi connectivity index (χ0) is 18.3. The molecule has 0 aliphatic heterocycles. The first-order valence-corrected chi connectivity index (χ1v) is 10.2. The minimum atomic E-state index is -3.44. The van der Waals surface area contributed by atoms with Gasteiger partial charge in [-0.1, -0.05) is 26.0 Å². The highest BCUT2D eigenvalue weighted by atomic mass is 32.2. The molecule has 1 aliphatic carbocycles. The maximum Gasteiger partial charge on any atom is 0.244 e. The Bertz CT molecular complexity index is 695. The summed E-state index contributed by atoms with van der Waals surface area (Å²) in [6.07, 6.45) is 5.68. The van der Waals surface area contributed by atoms with E-state index in [0.717, 1.165) is 18.7 Å². The molecule has 138 valence electrons. The fourth-order valence-corrected chi connectivity index (χ4v) is 3.66. The zero-order valence-corrected chi connectivity index (χ0v) is 15.7. The van der Waals surface area contributed by atoms with Crippen LogP contribution in [-0.4, -0.2) is 51.4 Å². The van der Waals surface area contributed by atoms with E-state index in [-0.39, 0.29) is 10.8 Å². The molecule has 1 saturated carbocycles. The van der Waals surface area contributed by atoms with Crippen LogP contribution < -0.4 is 10.0 Å². The van der Waals surface area contributed by atoms with Gasteiger partial charge in [-0.05, 0) is 43.2 Å². The van der Waals surface area contributed by atoms with Crippen molar-refractivity contribution in [3.8, 4) is 0 Å². The van der Waals surface area contributed by atoms with Crippen LogP contribution in [0.4, 0.5) is 0 Å². The summed E-state index contributed by atoms with van der Waals surface area (Å²) in [6.45, 7) is 6.74. The van der Waals surface area contributed by atoms with Gasteiger partial charge in [0, 0.05) is 31.8 Å². The molecule has 1 fully saturated rings. The lowest BCUT2D eigenvalue weighted by Crippen LogP contribution is -2.35. The van der Waals surface area contributed by atoms with E-state index in [9.17, 15) is 13.2 Å². The van der Waals surface area contributed by atoms with Gasteiger partial charge >= 0.3 is 0 Å². The molecule has 25 heavy (non-hydrogen) atoms. The van der Waals surface area contributed by atoms with Crippen LogP contribution >= 0.6 is 0 Å². The van der Waals surface area contributed by atoms with Crippen LogP contribution in [-0.2, 0) is 14.8 Å². The third-order valence-electron chi connectivity index (χ3n) is 4.12. The molecule has 2 rings (SSSR count). The van der Waals surface area contributed by atoms with Crippen molar-refractivity contribution in [2.45, 2.75) is 37.6 Å². The lowest BCUT2D eigenvalue weighted by Gasteiger charge is -2.19. The molecule has 0 aromatic heterocycles. The van der Waals surface area contributed by atoms with E-state index in [1.807, 2.05) is 0 Å². The topological polar surface area (TPSA) is 78.5 Å². The van der Waals surface area contributed by atoms with Crippen molar-refractivity contribution in [2.24, 2.45) is 0 Å². The van der Waals surface area contributed by atoms with Crippen LogP contribution in [0.1, 0.15) is 32.3 Å². The van der Waals surface area contributed by atoms with Gasteiger partial charge in [0.25, 0.3) is 0 Å². The van der Waals surface area contributed by atoms with Crippen molar-refractivity contribution in [3.05, 3.63) is 35.9 Å². The molecule has 0 bridgehead atoms. The number of sulfonamides is 1. The van der Waals surface area contributed by atoms with Gasteiger partial charge < -0.3 is 5.32 Å². The molecule has 2 N–H and O–H groups in total. The maximum absolute atomic E-state index is 11.9. The molecular formula is C18H27N3O3S. The normalized spacial score (nSPS) is 15.0. The fraction of sp³-hybridized carbons (Fsp3) is 0.500. The number of benzene rings is 1. The summed E-state index contributed by atoms with van der Waals surface area (Å²) in [6, 6.07) is 7.13. The van der Waals surface area contributed by atoms with Gasteiger partial charge in [-0.25, -0.2) is 13.1 Å². The number of carbonyl (C=O) groups is 1. The Morgan fingerprint density at radius 2 is 1.92 bits per heavy atom. The van der Waals surface area contributed by atoms with Crippen LogP contribution in [0.2, 0.25) is 0 Å². The smallest absolute Gasteiger partial charge is 0.244 e. The van der Waals surface area contributed by atoms with E-state index in [2.05, 4.69) is 21.9 Å². The largest absolute Gasteiger partial charge is 0.351 e. The highest BCUT2D eigenvalue weighted by Crippen LogP contribution is 2.25. The molecule has 1 aromatic rings. The van der Waals surface area contributed by atoms with Crippen LogP contribution in [0.5, 0.6) is 0 Å². The summed E-state index contributed by atoms with van der Waals surface area (Å²) in [5.41, 5.74) is 0.777. The summed E-state index contributed by atoms with van der Waals surface area (Å²) in [7, 11) is -3.44. The third-order valence-corrected chi connectivity index (χ3v) is 5.68. The van der Waals surface area contributed by atoms with Gasteiger partial charge in [0.15, 0.2) is 0 Å². The second-order valence-electron chi connectivity index (χ2n) is 6.05. The first-order valence-electron chi connectivity index (χ1n) is 8.76. The Hall–Kier alpha value is -1.70. The number of carbonyl (C=O) groups excluding carboxylic acids is 1. The minimum absolute atomic E-state index is 0.142. The summed E-state index contributed by atoms with van der Waals surface area (Å²) in [5.74, 6) is -0.142. The second kappa shape index (κ2) is 9.12. The number of amides is 1. The van der Waals surface area contributed by atoms with Crippen molar-refractivity contribution in [1.82, 2.24) is 14.9 Å². The molecule has 0 radical (unpaired) electrons. The number of rotatable bonds is 10. The van der Waals surface area contributed by atoms with Crippen LogP contribution in [0.25, 0.3) is 6.08 Å². The summed E-state index contributed by atoms with van der Waals surface area (Å²) >= 11 is 0. The lowest BCUT2D eigenvalue weighted by atomic mass is 10.2. The third kappa shape index (κ3) is 6.26. The molecular weight excluding hydrogens is 338 g/mol. The first-order chi connectivity index (χ1) is 12.0. The van der Waals surface area contributed by atoms with E-state index < -0.39 is 10.0 Å². The molecule has 1 aliphatic rings. The number of likely N-dealkylation sites (N-methyl/N-ethyl adjacent to an activating group) is 1. The average Bonchev–Trinajstić information content (AvgIpc) is 3.42. The SMILES string of the molecule is CCNS(=O)(=O)c1ccc(C=CC(=O)NCCN(CC)C2CC2)cc1. The van der Waals surface area contributed by atoms with Crippen molar-refractivity contribution >= 4 is 22.0 Å². The highest BCUT2D eigenvalue weighted by Gasteiger charge is 2.27. The second-order valence-corrected chi connectivity index (χ2v) is 7.82. The van der Waals surface area contributed by atoms with Gasteiger partial charge in [0.1, 0.15) is 0 Å². The Morgan fingerprint density at radius 3 is 2.48 bits per heavy atom.